The minimum Gasteiger partial charge on any atom is -0.367 e. The van der Waals surface area contributed by atoms with Gasteiger partial charge < -0.3 is 15.4 Å². The summed E-state index contributed by atoms with van der Waals surface area (Å²) in [6.45, 7) is 2.23. The second-order valence-corrected chi connectivity index (χ2v) is 4.78. The second-order valence-electron chi connectivity index (χ2n) is 4.78. The van der Waals surface area contributed by atoms with E-state index in [4.69, 9.17) is 0 Å². The first-order valence-corrected chi connectivity index (χ1v) is 7.11. The molecule has 0 aliphatic rings. The van der Waals surface area contributed by atoms with Gasteiger partial charge in [-0.25, -0.2) is 0 Å². The molecule has 22 heavy (non-hydrogen) atoms. The van der Waals surface area contributed by atoms with Crippen LogP contribution in [0.1, 0.15) is 24.5 Å². The zero-order valence-electron chi connectivity index (χ0n) is 12.8. The highest BCUT2D eigenvalue weighted by molar-refractivity contribution is 5.79. The molecule has 0 radical (unpaired) electrons. The molecule has 4 nitrogen and oxygen atoms in total. The van der Waals surface area contributed by atoms with Crippen LogP contribution in [0.25, 0.3) is 0 Å². The van der Waals surface area contributed by atoms with Crippen LogP contribution in [0.2, 0.25) is 0 Å². The van der Waals surface area contributed by atoms with Gasteiger partial charge in [0.1, 0.15) is 6.61 Å². The first-order valence-electron chi connectivity index (χ1n) is 7.11. The van der Waals surface area contributed by atoms with Gasteiger partial charge >= 0.3 is 6.18 Å². The molecule has 1 rings (SSSR count). The number of hydrogen-bond acceptors (Lipinski definition) is 2. The van der Waals surface area contributed by atoms with Crippen LogP contribution in [0, 0.1) is 0 Å². The van der Waals surface area contributed by atoms with E-state index in [0.717, 1.165) is 24.5 Å². The van der Waals surface area contributed by atoms with Crippen LogP contribution in [-0.2, 0) is 17.9 Å². The van der Waals surface area contributed by atoms with E-state index >= 15 is 0 Å². The lowest BCUT2D eigenvalue weighted by atomic mass is 10.1. The largest absolute Gasteiger partial charge is 0.411 e. The highest BCUT2D eigenvalue weighted by Gasteiger charge is 2.27. The molecule has 0 unspecified atom stereocenters. The molecule has 7 heteroatoms. The third kappa shape index (κ3) is 7.87. The topological polar surface area (TPSA) is 45.7 Å². The van der Waals surface area contributed by atoms with Crippen molar-refractivity contribution in [2.45, 2.75) is 32.7 Å². The molecule has 0 aromatic heterocycles. The van der Waals surface area contributed by atoms with Crippen molar-refractivity contribution in [3.8, 4) is 0 Å². The highest BCUT2D eigenvalue weighted by Crippen LogP contribution is 2.15. The fraction of sp³-hybridized carbons (Fsp3) is 0.533. The van der Waals surface area contributed by atoms with Crippen LogP contribution in [0.3, 0.4) is 0 Å². The molecule has 0 bridgehead atoms. The predicted molar refractivity (Wildman–Crippen MR) is 80.6 cm³/mol. The van der Waals surface area contributed by atoms with Crippen molar-refractivity contribution < 1.29 is 17.9 Å². The van der Waals surface area contributed by atoms with Crippen LogP contribution >= 0.6 is 0 Å². The minimum absolute atomic E-state index is 0.0487. The lowest BCUT2D eigenvalue weighted by molar-refractivity contribution is -0.176. The number of ether oxygens (including phenoxy) is 1. The molecule has 0 saturated heterocycles. The summed E-state index contributed by atoms with van der Waals surface area (Å²) in [5, 5.41) is 6.32. The molecule has 0 aliphatic carbocycles. The van der Waals surface area contributed by atoms with Gasteiger partial charge in [-0.1, -0.05) is 31.2 Å². The molecule has 1 aromatic rings. The summed E-state index contributed by atoms with van der Waals surface area (Å²) in [5.74, 6) is 0.722. The van der Waals surface area contributed by atoms with Crippen LogP contribution < -0.4 is 10.6 Å². The normalized spacial score (nSPS) is 12.3. The average molecular weight is 317 g/mol. The summed E-state index contributed by atoms with van der Waals surface area (Å²) in [6, 6.07) is 7.23. The summed E-state index contributed by atoms with van der Waals surface area (Å²) < 4.78 is 40.5. The number of aliphatic imine (C=N–C) groups is 1. The van der Waals surface area contributed by atoms with Gasteiger partial charge in [0, 0.05) is 20.1 Å². The van der Waals surface area contributed by atoms with Gasteiger partial charge in [0.15, 0.2) is 5.96 Å². The molecule has 0 spiro atoms. The number of rotatable bonds is 7. The Balaban J connectivity index is 2.38. The lowest BCUT2D eigenvalue weighted by Gasteiger charge is -2.11. The zero-order chi connectivity index (χ0) is 16.4. The van der Waals surface area contributed by atoms with E-state index in [1.165, 1.54) is 0 Å². The van der Waals surface area contributed by atoms with E-state index in [1.54, 1.807) is 19.2 Å². The van der Waals surface area contributed by atoms with Gasteiger partial charge in [0.25, 0.3) is 0 Å². The number of benzene rings is 1. The molecular formula is C15H22F3N3O. The molecule has 1 aromatic carbocycles. The van der Waals surface area contributed by atoms with Crippen LogP contribution in [0.4, 0.5) is 13.2 Å². The van der Waals surface area contributed by atoms with Crippen molar-refractivity contribution in [2.75, 3.05) is 20.2 Å². The highest BCUT2D eigenvalue weighted by atomic mass is 19.4. The molecule has 0 saturated carbocycles. The average Bonchev–Trinajstić information content (AvgIpc) is 2.47. The van der Waals surface area contributed by atoms with Crippen LogP contribution in [-0.4, -0.2) is 32.3 Å². The van der Waals surface area contributed by atoms with Crippen LogP contribution in [0.5, 0.6) is 0 Å². The van der Waals surface area contributed by atoms with Crippen LogP contribution in [0.15, 0.2) is 29.3 Å². The Hall–Kier alpha value is -1.76. The summed E-state index contributed by atoms with van der Waals surface area (Å²) in [7, 11) is 1.70. The molecule has 0 amide bonds. The number of alkyl halides is 3. The predicted octanol–water partition coefficient (Wildman–Crippen LogP) is 2.84. The van der Waals surface area contributed by atoms with E-state index in [2.05, 4.69) is 27.3 Å². The Bertz CT molecular complexity index is 458. The van der Waals surface area contributed by atoms with E-state index < -0.39 is 12.8 Å². The van der Waals surface area contributed by atoms with Gasteiger partial charge in [0.2, 0.25) is 0 Å². The molecule has 0 atom stereocenters. The maximum Gasteiger partial charge on any atom is 0.411 e. The first-order chi connectivity index (χ1) is 10.4. The Morgan fingerprint density at radius 1 is 1.14 bits per heavy atom. The minimum atomic E-state index is -4.29. The summed E-state index contributed by atoms with van der Waals surface area (Å²) in [6.07, 6.45) is -3.28. The monoisotopic (exact) mass is 317 g/mol. The molecular weight excluding hydrogens is 295 g/mol. The van der Waals surface area contributed by atoms with Gasteiger partial charge in [-0.05, 0) is 17.5 Å². The number of nitrogens with one attached hydrogen (secondary N) is 2. The summed E-state index contributed by atoms with van der Waals surface area (Å²) in [5.41, 5.74) is 1.72. The SMILES string of the molecule is CCCNC(=NC)NCc1ccc(COCC(F)(F)F)cc1. The van der Waals surface area contributed by atoms with Gasteiger partial charge in [-0.2, -0.15) is 13.2 Å². The third-order valence-electron chi connectivity index (χ3n) is 2.78. The second kappa shape index (κ2) is 9.30. The summed E-state index contributed by atoms with van der Waals surface area (Å²) >= 11 is 0. The number of guanidine groups is 1. The molecule has 0 fully saturated rings. The Labute approximate surface area is 128 Å². The Kier molecular flexibility index (Phi) is 7.73. The van der Waals surface area contributed by atoms with Gasteiger partial charge in [-0.15, -0.1) is 0 Å². The third-order valence-corrected chi connectivity index (χ3v) is 2.78. The van der Waals surface area contributed by atoms with E-state index in [9.17, 15) is 13.2 Å². The van der Waals surface area contributed by atoms with Gasteiger partial charge in [0.05, 0.1) is 6.61 Å². The van der Waals surface area contributed by atoms with Crippen molar-refractivity contribution >= 4 is 5.96 Å². The Morgan fingerprint density at radius 2 is 1.77 bits per heavy atom. The maximum atomic E-state index is 12.0. The van der Waals surface area contributed by atoms with E-state index in [-0.39, 0.29) is 6.61 Å². The first kappa shape index (κ1) is 18.3. The van der Waals surface area contributed by atoms with Gasteiger partial charge in [-0.3, -0.25) is 4.99 Å². The fourth-order valence-electron chi connectivity index (χ4n) is 1.69. The molecule has 0 heterocycles. The van der Waals surface area contributed by atoms with Crippen molar-refractivity contribution in [3.63, 3.8) is 0 Å². The number of hydrogen-bond donors (Lipinski definition) is 2. The van der Waals surface area contributed by atoms with E-state index in [1.807, 2.05) is 12.1 Å². The summed E-state index contributed by atoms with van der Waals surface area (Å²) in [4.78, 5) is 4.09. The molecule has 0 aliphatic heterocycles. The number of nitrogens with zero attached hydrogens (tertiary/aromatic N) is 1. The molecule has 2 N–H and O–H groups in total. The van der Waals surface area contributed by atoms with Crippen molar-refractivity contribution in [2.24, 2.45) is 4.99 Å². The standard InChI is InChI=1S/C15H22F3N3O/c1-3-8-20-14(19-2)21-9-12-4-6-13(7-5-12)10-22-11-15(16,17)18/h4-7H,3,8-11H2,1-2H3,(H2,19,20,21). The maximum absolute atomic E-state index is 12.0. The zero-order valence-corrected chi connectivity index (χ0v) is 12.8. The smallest absolute Gasteiger partial charge is 0.367 e. The molecule has 124 valence electrons. The van der Waals surface area contributed by atoms with Crippen molar-refractivity contribution in [1.82, 2.24) is 10.6 Å². The quantitative estimate of drug-likeness (QED) is 0.600. The van der Waals surface area contributed by atoms with Crippen molar-refractivity contribution in [1.29, 1.82) is 0 Å². The Morgan fingerprint density at radius 3 is 2.32 bits per heavy atom. The lowest BCUT2D eigenvalue weighted by Crippen LogP contribution is -2.37. The van der Waals surface area contributed by atoms with Crippen molar-refractivity contribution in [3.05, 3.63) is 35.4 Å². The van der Waals surface area contributed by atoms with E-state index in [0.29, 0.717) is 12.1 Å². The fourth-order valence-corrected chi connectivity index (χ4v) is 1.69. The number of halogens is 3.